The first kappa shape index (κ1) is 15.4. The van der Waals surface area contributed by atoms with E-state index in [4.69, 9.17) is 22.1 Å². The zero-order valence-electron chi connectivity index (χ0n) is 10.2. The average Bonchev–Trinajstić information content (AvgIpc) is 2.73. The molecule has 0 unspecified atom stereocenters. The van der Waals surface area contributed by atoms with Crippen LogP contribution in [0.5, 0.6) is 5.75 Å². The number of rotatable bonds is 4. The van der Waals surface area contributed by atoms with E-state index in [1.54, 1.807) is 6.07 Å². The number of ether oxygens (including phenoxy) is 1. The third kappa shape index (κ3) is 3.20. The summed E-state index contributed by atoms with van der Waals surface area (Å²) >= 11 is 10.0. The second-order valence-corrected chi connectivity index (χ2v) is 8.43. The Labute approximate surface area is 133 Å². The van der Waals surface area contributed by atoms with E-state index in [9.17, 15) is 8.42 Å². The standard InChI is InChI=1S/C11H10BrClN2O3S2/c1-18-6-2-3-9(8(14)4-6)15-20(16,17)10-5-7(13)11(12)19-10/h2-5,15H,14H2,1H3. The molecule has 0 saturated carbocycles. The molecule has 9 heteroatoms. The van der Waals surface area contributed by atoms with Gasteiger partial charge in [-0.2, -0.15) is 0 Å². The fraction of sp³-hybridized carbons (Fsp3) is 0.0909. The first-order valence-corrected chi connectivity index (χ1v) is 8.71. The highest BCUT2D eigenvalue weighted by Gasteiger charge is 2.20. The minimum absolute atomic E-state index is 0.101. The Balaban J connectivity index is 2.33. The Morgan fingerprint density at radius 2 is 2.10 bits per heavy atom. The number of nitrogens with one attached hydrogen (secondary N) is 1. The second kappa shape index (κ2) is 5.80. The maximum atomic E-state index is 12.2. The molecule has 1 aromatic heterocycles. The van der Waals surface area contributed by atoms with Gasteiger partial charge in [0, 0.05) is 6.07 Å². The number of benzene rings is 1. The topological polar surface area (TPSA) is 81.4 Å². The predicted molar refractivity (Wildman–Crippen MR) is 85.2 cm³/mol. The molecule has 108 valence electrons. The van der Waals surface area contributed by atoms with Gasteiger partial charge in [0.1, 0.15) is 9.96 Å². The molecule has 0 bridgehead atoms. The van der Waals surface area contributed by atoms with E-state index in [0.29, 0.717) is 14.6 Å². The molecule has 0 atom stereocenters. The van der Waals surface area contributed by atoms with Crippen molar-refractivity contribution >= 4 is 60.3 Å². The second-order valence-electron chi connectivity index (χ2n) is 3.75. The van der Waals surface area contributed by atoms with Gasteiger partial charge in [-0.1, -0.05) is 11.6 Å². The number of sulfonamides is 1. The first-order chi connectivity index (χ1) is 9.33. The average molecular weight is 398 g/mol. The molecule has 5 nitrogen and oxygen atoms in total. The van der Waals surface area contributed by atoms with Gasteiger partial charge in [0.05, 0.1) is 27.3 Å². The van der Waals surface area contributed by atoms with Crippen LogP contribution in [-0.2, 0) is 10.0 Å². The number of halogens is 2. The Morgan fingerprint density at radius 3 is 2.60 bits per heavy atom. The lowest BCUT2D eigenvalue weighted by Crippen LogP contribution is -2.12. The molecule has 0 spiro atoms. The van der Waals surface area contributed by atoms with Crippen molar-refractivity contribution in [3.63, 3.8) is 0 Å². The maximum Gasteiger partial charge on any atom is 0.271 e. The molecule has 1 aromatic carbocycles. The molecule has 20 heavy (non-hydrogen) atoms. The molecular formula is C11H10BrClN2O3S2. The van der Waals surface area contributed by atoms with Gasteiger partial charge in [0.25, 0.3) is 10.0 Å². The van der Waals surface area contributed by atoms with Crippen LogP contribution in [0.3, 0.4) is 0 Å². The highest BCUT2D eigenvalue weighted by Crippen LogP contribution is 2.36. The van der Waals surface area contributed by atoms with E-state index in [-0.39, 0.29) is 15.6 Å². The summed E-state index contributed by atoms with van der Waals surface area (Å²) in [6.45, 7) is 0. The molecule has 2 rings (SSSR count). The van der Waals surface area contributed by atoms with Crippen molar-refractivity contribution < 1.29 is 13.2 Å². The monoisotopic (exact) mass is 396 g/mol. The zero-order chi connectivity index (χ0) is 14.9. The molecule has 2 aromatic rings. The van der Waals surface area contributed by atoms with Crippen LogP contribution in [0.4, 0.5) is 11.4 Å². The van der Waals surface area contributed by atoms with Gasteiger partial charge in [-0.25, -0.2) is 8.42 Å². The summed E-state index contributed by atoms with van der Waals surface area (Å²) < 4.78 is 32.5. The Hall–Kier alpha value is -0.960. The Morgan fingerprint density at radius 1 is 1.40 bits per heavy atom. The van der Waals surface area contributed by atoms with Crippen LogP contribution in [0.2, 0.25) is 5.02 Å². The smallest absolute Gasteiger partial charge is 0.271 e. The van der Waals surface area contributed by atoms with E-state index in [0.717, 1.165) is 11.3 Å². The minimum Gasteiger partial charge on any atom is -0.497 e. The summed E-state index contributed by atoms with van der Waals surface area (Å²) in [6, 6.07) is 6.06. The van der Waals surface area contributed by atoms with Crippen LogP contribution < -0.4 is 15.2 Å². The maximum absolute atomic E-state index is 12.2. The SMILES string of the molecule is COc1ccc(NS(=O)(=O)c2cc(Cl)c(Br)s2)c(N)c1. The summed E-state index contributed by atoms with van der Waals surface area (Å²) in [7, 11) is -2.22. The van der Waals surface area contributed by atoms with Crippen LogP contribution in [0.1, 0.15) is 0 Å². The number of hydrogen-bond donors (Lipinski definition) is 2. The molecule has 0 aliphatic carbocycles. The summed E-state index contributed by atoms with van der Waals surface area (Å²) in [6.07, 6.45) is 0. The van der Waals surface area contributed by atoms with E-state index in [2.05, 4.69) is 20.7 Å². The molecule has 0 aliphatic rings. The lowest BCUT2D eigenvalue weighted by Gasteiger charge is -2.10. The van der Waals surface area contributed by atoms with Gasteiger partial charge < -0.3 is 10.5 Å². The quantitative estimate of drug-likeness (QED) is 0.773. The largest absolute Gasteiger partial charge is 0.497 e. The number of nitrogens with two attached hydrogens (primary N) is 1. The van der Waals surface area contributed by atoms with Gasteiger partial charge in [-0.3, -0.25) is 4.72 Å². The third-order valence-electron chi connectivity index (χ3n) is 2.39. The molecular weight excluding hydrogens is 388 g/mol. The highest BCUT2D eigenvalue weighted by atomic mass is 79.9. The van der Waals surface area contributed by atoms with Gasteiger partial charge in [0.15, 0.2) is 0 Å². The lowest BCUT2D eigenvalue weighted by atomic mass is 10.2. The molecule has 1 heterocycles. The fourth-order valence-electron chi connectivity index (χ4n) is 1.41. The van der Waals surface area contributed by atoms with Crippen LogP contribution in [-0.4, -0.2) is 15.5 Å². The van der Waals surface area contributed by atoms with Crippen molar-refractivity contribution in [1.29, 1.82) is 0 Å². The highest BCUT2D eigenvalue weighted by molar-refractivity contribution is 9.11. The lowest BCUT2D eigenvalue weighted by molar-refractivity contribution is 0.415. The summed E-state index contributed by atoms with van der Waals surface area (Å²) in [5, 5.41) is 0.345. The predicted octanol–water partition coefficient (Wildman–Crippen LogP) is 3.56. The molecule has 0 fully saturated rings. The zero-order valence-corrected chi connectivity index (χ0v) is 14.2. The number of anilines is 2. The van der Waals surface area contributed by atoms with Crippen LogP contribution in [0.25, 0.3) is 0 Å². The normalized spacial score (nSPS) is 11.3. The van der Waals surface area contributed by atoms with Crippen LogP contribution in [0, 0.1) is 0 Å². The minimum atomic E-state index is -3.72. The first-order valence-electron chi connectivity index (χ1n) is 5.24. The van der Waals surface area contributed by atoms with Crippen molar-refractivity contribution in [2.75, 3.05) is 17.6 Å². The summed E-state index contributed by atoms with van der Waals surface area (Å²) in [5.74, 6) is 0.548. The Bertz CT molecular complexity index is 727. The van der Waals surface area contributed by atoms with Gasteiger partial charge in [0.2, 0.25) is 0 Å². The van der Waals surface area contributed by atoms with E-state index < -0.39 is 10.0 Å². The number of methoxy groups -OCH3 is 1. The number of hydrogen-bond acceptors (Lipinski definition) is 5. The summed E-state index contributed by atoms with van der Waals surface area (Å²) in [4.78, 5) is 0. The molecule has 0 amide bonds. The molecule has 3 N–H and O–H groups in total. The van der Waals surface area contributed by atoms with Gasteiger partial charge in [-0.05, 0) is 34.1 Å². The Kier molecular flexibility index (Phi) is 4.48. The number of nitrogen functional groups attached to an aromatic ring is 1. The van der Waals surface area contributed by atoms with Gasteiger partial charge in [-0.15, -0.1) is 11.3 Å². The van der Waals surface area contributed by atoms with Crippen molar-refractivity contribution in [2.45, 2.75) is 4.21 Å². The van der Waals surface area contributed by atoms with Crippen molar-refractivity contribution in [1.82, 2.24) is 0 Å². The molecule has 0 radical (unpaired) electrons. The van der Waals surface area contributed by atoms with Crippen LogP contribution >= 0.6 is 38.9 Å². The number of thiophene rings is 1. The van der Waals surface area contributed by atoms with Crippen molar-refractivity contribution in [3.05, 3.63) is 33.1 Å². The van der Waals surface area contributed by atoms with Crippen LogP contribution in [0.15, 0.2) is 32.3 Å². The van der Waals surface area contributed by atoms with Gasteiger partial charge >= 0.3 is 0 Å². The third-order valence-corrected chi connectivity index (χ3v) is 6.70. The molecule has 0 aliphatic heterocycles. The fourth-order valence-corrected chi connectivity index (χ4v) is 4.90. The summed E-state index contributed by atoms with van der Waals surface area (Å²) in [5.41, 5.74) is 6.34. The van der Waals surface area contributed by atoms with E-state index in [1.165, 1.54) is 25.3 Å². The van der Waals surface area contributed by atoms with Crippen molar-refractivity contribution in [2.24, 2.45) is 0 Å². The van der Waals surface area contributed by atoms with E-state index >= 15 is 0 Å². The van der Waals surface area contributed by atoms with Crippen molar-refractivity contribution in [3.8, 4) is 5.75 Å². The molecule has 0 saturated heterocycles. The van der Waals surface area contributed by atoms with E-state index in [1.807, 2.05) is 0 Å².